The van der Waals surface area contributed by atoms with Gasteiger partial charge < -0.3 is 19.0 Å². The smallest absolute Gasteiger partial charge is 0.336 e. The Balaban J connectivity index is 1.62. The Labute approximate surface area is 258 Å². The van der Waals surface area contributed by atoms with Gasteiger partial charge in [-0.2, -0.15) is 0 Å². The summed E-state index contributed by atoms with van der Waals surface area (Å²) < 4.78 is 7.49. The minimum atomic E-state index is -0.691. The maximum atomic E-state index is 13.9. The van der Waals surface area contributed by atoms with Crippen molar-refractivity contribution in [2.24, 2.45) is 5.16 Å². The van der Waals surface area contributed by atoms with Crippen molar-refractivity contribution in [1.29, 1.82) is 0 Å². The van der Waals surface area contributed by atoms with Crippen molar-refractivity contribution in [3.05, 3.63) is 65.9 Å². The molecule has 10 heteroatoms. The van der Waals surface area contributed by atoms with E-state index in [2.05, 4.69) is 28.8 Å². The normalized spacial score (nSPS) is 14.8. The molecule has 0 radical (unpaired) electrons. The largest absolute Gasteiger partial charge is 0.379 e. The average molecular weight is 609 g/mol. The lowest BCUT2D eigenvalue weighted by atomic mass is 9.90. The molecule has 0 atom stereocenters. The van der Waals surface area contributed by atoms with Crippen LogP contribution in [-0.2, 0) is 14.4 Å². The molecule has 230 valence electrons. The van der Waals surface area contributed by atoms with Gasteiger partial charge in [-0.3, -0.25) is 14.5 Å². The summed E-state index contributed by atoms with van der Waals surface area (Å²) in [4.78, 5) is 48.7. The number of ether oxygens (including phenoxy) is 1. The Morgan fingerprint density at radius 2 is 1.67 bits per heavy atom. The predicted octanol–water partition coefficient (Wildman–Crippen LogP) is 5.37. The Kier molecular flexibility index (Phi) is 11.3. The highest BCUT2D eigenvalue weighted by Crippen LogP contribution is 2.30. The first kappa shape index (κ1) is 32.5. The molecule has 0 bridgehead atoms. The van der Waals surface area contributed by atoms with E-state index in [1.165, 1.54) is 0 Å². The van der Waals surface area contributed by atoms with Gasteiger partial charge in [0.15, 0.2) is 5.78 Å². The monoisotopic (exact) mass is 608 g/mol. The second-order valence-electron chi connectivity index (χ2n) is 11.0. The first-order valence-corrected chi connectivity index (χ1v) is 15.4. The number of aromatic nitrogens is 1. The van der Waals surface area contributed by atoms with E-state index in [1.807, 2.05) is 61.0 Å². The van der Waals surface area contributed by atoms with Crippen LogP contribution in [0, 0.1) is 0 Å². The third-order valence-corrected chi connectivity index (χ3v) is 8.29. The van der Waals surface area contributed by atoms with Crippen LogP contribution in [0.5, 0.6) is 0 Å². The third kappa shape index (κ3) is 7.59. The molecule has 1 aromatic heterocycles. The Hall–Kier alpha value is -3.37. The quantitative estimate of drug-likeness (QED) is 0.0799. The number of hydrogen-bond donors (Lipinski definition) is 0. The van der Waals surface area contributed by atoms with Gasteiger partial charge in [0.1, 0.15) is 5.71 Å². The van der Waals surface area contributed by atoms with Gasteiger partial charge in [0.2, 0.25) is 5.78 Å². The van der Waals surface area contributed by atoms with Crippen LogP contribution in [0.4, 0.5) is 0 Å². The van der Waals surface area contributed by atoms with Crippen molar-refractivity contribution in [1.82, 2.24) is 14.4 Å². The van der Waals surface area contributed by atoms with Crippen LogP contribution in [0.1, 0.15) is 61.3 Å². The van der Waals surface area contributed by atoms with Gasteiger partial charge in [0.25, 0.3) is 0 Å². The number of morpholine rings is 1. The van der Waals surface area contributed by atoms with Crippen LogP contribution in [0.3, 0.4) is 0 Å². The molecule has 43 heavy (non-hydrogen) atoms. The summed E-state index contributed by atoms with van der Waals surface area (Å²) in [6.07, 6.45) is 2.23. The summed E-state index contributed by atoms with van der Waals surface area (Å²) in [6.45, 7) is 13.0. The lowest BCUT2D eigenvalue weighted by molar-refractivity contribution is -0.143. The highest BCUT2D eigenvalue weighted by Gasteiger charge is 2.37. The van der Waals surface area contributed by atoms with Gasteiger partial charge >= 0.3 is 5.97 Å². The minimum Gasteiger partial charge on any atom is -0.379 e. The van der Waals surface area contributed by atoms with Gasteiger partial charge in [-0.25, -0.2) is 4.79 Å². The molecule has 2 heterocycles. The van der Waals surface area contributed by atoms with Crippen molar-refractivity contribution >= 4 is 45.8 Å². The second-order valence-corrected chi connectivity index (χ2v) is 11.4. The van der Waals surface area contributed by atoms with E-state index < -0.39 is 11.5 Å². The fraction of sp³-hybridized carbons (Fsp3) is 0.455. The molecule has 0 unspecified atom stereocenters. The molecule has 0 aliphatic carbocycles. The van der Waals surface area contributed by atoms with Crippen molar-refractivity contribution in [2.75, 3.05) is 51.8 Å². The van der Waals surface area contributed by atoms with Crippen molar-refractivity contribution in [3.8, 4) is 5.69 Å². The zero-order valence-corrected chi connectivity index (χ0v) is 26.2. The number of carbonyl (C=O) groups is 3. The number of hydrogen-bond acceptors (Lipinski definition) is 8. The van der Waals surface area contributed by atoms with E-state index in [9.17, 15) is 14.4 Å². The van der Waals surface area contributed by atoms with Gasteiger partial charge in [0.05, 0.1) is 30.7 Å². The van der Waals surface area contributed by atoms with Gasteiger partial charge in [-0.15, -0.1) is 11.6 Å². The Bertz CT molecular complexity index is 1450. The number of carbonyl (C=O) groups excluding carboxylic acids is 3. The van der Waals surface area contributed by atoms with E-state index in [0.717, 1.165) is 29.7 Å². The Morgan fingerprint density at radius 1 is 1.00 bits per heavy atom. The number of benzene rings is 2. The summed E-state index contributed by atoms with van der Waals surface area (Å²) in [7, 11) is 0. The van der Waals surface area contributed by atoms with Gasteiger partial charge in [-0.1, -0.05) is 37.2 Å². The van der Waals surface area contributed by atoms with E-state index in [-0.39, 0.29) is 29.6 Å². The maximum Gasteiger partial charge on any atom is 0.336 e. The highest BCUT2D eigenvalue weighted by atomic mass is 35.5. The van der Waals surface area contributed by atoms with E-state index in [4.69, 9.17) is 21.2 Å². The molecule has 9 nitrogen and oxygen atoms in total. The zero-order valence-electron chi connectivity index (χ0n) is 25.5. The molecule has 1 aliphatic heterocycles. The summed E-state index contributed by atoms with van der Waals surface area (Å²) >= 11 is 5.64. The summed E-state index contributed by atoms with van der Waals surface area (Å²) in [6, 6.07) is 15.0. The van der Waals surface area contributed by atoms with Crippen molar-refractivity contribution < 1.29 is 24.0 Å². The van der Waals surface area contributed by atoms with Crippen LogP contribution < -0.4 is 0 Å². The number of Topliss-reactive ketones (excluding diaryl/α,β-unsaturated/α-hetero) is 2. The fourth-order valence-corrected chi connectivity index (χ4v) is 5.50. The number of rotatable bonds is 14. The first-order valence-electron chi connectivity index (χ1n) is 14.9. The number of para-hydroxylation sites is 1. The van der Waals surface area contributed by atoms with Crippen LogP contribution in [-0.4, -0.2) is 95.0 Å². The van der Waals surface area contributed by atoms with Crippen LogP contribution in [0.15, 0.2) is 59.9 Å². The number of oxime groups is 1. The SMILES string of the molecule is CCN(CC)CC/C(=N\OC(=O)CCCl)C(=O)c1ccc(-n2cc(C(=O)C(C)(C)N3CCOCC3)c3ccccc32)cc1. The zero-order chi connectivity index (χ0) is 31.0. The van der Waals surface area contributed by atoms with Gasteiger partial charge in [-0.05, 0) is 57.3 Å². The first-order chi connectivity index (χ1) is 20.7. The molecule has 4 rings (SSSR count). The van der Waals surface area contributed by atoms with Crippen molar-refractivity contribution in [3.63, 3.8) is 0 Å². The van der Waals surface area contributed by atoms with E-state index in [1.54, 1.807) is 12.1 Å². The summed E-state index contributed by atoms with van der Waals surface area (Å²) in [5.74, 6) is -0.725. The fourth-order valence-electron chi connectivity index (χ4n) is 5.34. The Morgan fingerprint density at radius 3 is 2.33 bits per heavy atom. The standard InChI is InChI=1S/C33H41ClN4O5/c1-5-36(6-2)18-16-28(35-43-30(39)15-17-34)31(40)24-11-13-25(14-12-24)38-23-27(26-9-7-8-10-29(26)38)32(41)33(3,4)37-19-21-42-22-20-37/h7-14,23H,5-6,15-22H2,1-4H3/b35-28+. The minimum absolute atomic E-state index is 0.0101. The van der Waals surface area contributed by atoms with Crippen LogP contribution in [0.25, 0.3) is 16.6 Å². The van der Waals surface area contributed by atoms with Crippen molar-refractivity contribution in [2.45, 2.75) is 46.1 Å². The van der Waals surface area contributed by atoms with Crippen LogP contribution in [0.2, 0.25) is 0 Å². The highest BCUT2D eigenvalue weighted by molar-refractivity contribution is 6.46. The topological polar surface area (TPSA) is 93.4 Å². The van der Waals surface area contributed by atoms with Gasteiger partial charge in [0, 0.05) is 60.3 Å². The second kappa shape index (κ2) is 14.9. The molecule has 1 fully saturated rings. The molecule has 0 saturated carbocycles. The average Bonchev–Trinajstić information content (AvgIpc) is 3.42. The molecule has 1 saturated heterocycles. The third-order valence-electron chi connectivity index (χ3n) is 8.10. The number of alkyl halides is 1. The van der Waals surface area contributed by atoms with E-state index >= 15 is 0 Å². The van der Waals surface area contributed by atoms with E-state index in [0.29, 0.717) is 50.4 Å². The molecular weight excluding hydrogens is 568 g/mol. The summed E-state index contributed by atoms with van der Waals surface area (Å²) in [5.41, 5.74) is 2.27. The summed E-state index contributed by atoms with van der Waals surface area (Å²) in [5, 5.41) is 4.82. The molecular formula is C33H41ClN4O5. The number of fused-ring (bicyclic) bond motifs is 1. The predicted molar refractivity (Wildman–Crippen MR) is 170 cm³/mol. The number of halogens is 1. The lowest BCUT2D eigenvalue weighted by Gasteiger charge is -2.39. The number of ketones is 2. The molecule has 1 aliphatic rings. The lowest BCUT2D eigenvalue weighted by Crippen LogP contribution is -2.54. The molecule has 0 amide bonds. The molecule has 0 N–H and O–H groups in total. The van der Waals surface area contributed by atoms with Crippen LogP contribution >= 0.6 is 11.6 Å². The number of nitrogens with zero attached hydrogens (tertiary/aromatic N) is 4. The molecule has 0 spiro atoms. The molecule has 2 aromatic carbocycles. The molecule has 3 aromatic rings. The maximum absolute atomic E-state index is 13.9.